The standard InChI is InChI=1S/C12H16BrClO3S/c1-3-12(13,18(16,17)4-2)11(15)9-6-5-7-10(14)8-9/h5-8,11,15H,3-4H2,1-2H3/t11-,12-/m0/s1. The predicted octanol–water partition coefficient (Wildman–Crippen LogP) is 3.31. The van der Waals surface area contributed by atoms with Gasteiger partial charge in [0, 0.05) is 10.8 Å². The quantitative estimate of drug-likeness (QED) is 0.824. The minimum absolute atomic E-state index is 0.0380. The Morgan fingerprint density at radius 1 is 1.44 bits per heavy atom. The van der Waals surface area contributed by atoms with Crippen molar-refractivity contribution in [3.63, 3.8) is 0 Å². The molecular formula is C12H16BrClO3S. The van der Waals surface area contributed by atoms with Gasteiger partial charge < -0.3 is 5.11 Å². The molecule has 18 heavy (non-hydrogen) atoms. The number of aliphatic hydroxyl groups is 1. The van der Waals surface area contributed by atoms with Gasteiger partial charge in [0.1, 0.15) is 6.10 Å². The van der Waals surface area contributed by atoms with Gasteiger partial charge in [-0.25, -0.2) is 8.42 Å². The third-order valence-electron chi connectivity index (χ3n) is 2.95. The summed E-state index contributed by atoms with van der Waals surface area (Å²) in [6.07, 6.45) is -0.900. The van der Waals surface area contributed by atoms with Gasteiger partial charge in [-0.2, -0.15) is 0 Å². The first-order valence-corrected chi connectivity index (χ1v) is 8.45. The van der Waals surface area contributed by atoms with Crippen LogP contribution in [0.15, 0.2) is 24.3 Å². The fourth-order valence-electron chi connectivity index (χ4n) is 1.75. The number of aliphatic hydroxyl groups excluding tert-OH is 1. The Morgan fingerprint density at radius 2 is 2.06 bits per heavy atom. The molecule has 0 aromatic heterocycles. The van der Waals surface area contributed by atoms with E-state index in [4.69, 9.17) is 11.6 Å². The largest absolute Gasteiger partial charge is 0.386 e. The molecule has 0 spiro atoms. The maximum atomic E-state index is 12.1. The summed E-state index contributed by atoms with van der Waals surface area (Å²) in [5.41, 5.74) is 0.484. The van der Waals surface area contributed by atoms with Crippen LogP contribution in [0.4, 0.5) is 0 Å². The van der Waals surface area contributed by atoms with Gasteiger partial charge in [0.2, 0.25) is 0 Å². The molecule has 0 saturated heterocycles. The van der Waals surface area contributed by atoms with Crippen LogP contribution in [0.3, 0.4) is 0 Å². The first-order chi connectivity index (χ1) is 8.28. The zero-order valence-corrected chi connectivity index (χ0v) is 13.4. The monoisotopic (exact) mass is 354 g/mol. The van der Waals surface area contributed by atoms with Crippen molar-refractivity contribution in [3.05, 3.63) is 34.9 Å². The lowest BCUT2D eigenvalue weighted by Crippen LogP contribution is -2.39. The zero-order chi connectivity index (χ0) is 14.0. The van der Waals surface area contributed by atoms with E-state index in [1.165, 1.54) is 0 Å². The van der Waals surface area contributed by atoms with Crippen LogP contribution in [0.1, 0.15) is 31.9 Å². The molecule has 0 aliphatic heterocycles. The minimum Gasteiger partial charge on any atom is -0.386 e. The molecule has 0 fully saturated rings. The van der Waals surface area contributed by atoms with Crippen LogP contribution in [0.2, 0.25) is 5.02 Å². The highest BCUT2D eigenvalue weighted by molar-refractivity contribution is 9.11. The van der Waals surface area contributed by atoms with Crippen molar-refractivity contribution < 1.29 is 13.5 Å². The average molecular weight is 356 g/mol. The number of sulfone groups is 1. The molecule has 0 aliphatic rings. The summed E-state index contributed by atoms with van der Waals surface area (Å²) in [6.45, 7) is 3.28. The van der Waals surface area contributed by atoms with E-state index >= 15 is 0 Å². The van der Waals surface area contributed by atoms with Crippen LogP contribution in [0.25, 0.3) is 0 Å². The number of halogens is 2. The van der Waals surface area contributed by atoms with Gasteiger partial charge >= 0.3 is 0 Å². The summed E-state index contributed by atoms with van der Waals surface area (Å²) in [7, 11) is -3.45. The van der Waals surface area contributed by atoms with Gasteiger partial charge in [-0.15, -0.1) is 0 Å². The first kappa shape index (κ1) is 16.0. The lowest BCUT2D eigenvalue weighted by molar-refractivity contribution is 0.160. The van der Waals surface area contributed by atoms with Crippen molar-refractivity contribution in [3.8, 4) is 0 Å². The van der Waals surface area contributed by atoms with E-state index in [0.717, 1.165) is 0 Å². The first-order valence-electron chi connectivity index (χ1n) is 5.63. The van der Waals surface area contributed by atoms with E-state index in [2.05, 4.69) is 15.9 Å². The maximum absolute atomic E-state index is 12.1. The Hall–Kier alpha value is -0.100. The van der Waals surface area contributed by atoms with Crippen molar-refractivity contribution in [2.75, 3.05) is 5.75 Å². The van der Waals surface area contributed by atoms with E-state index in [0.29, 0.717) is 10.6 Å². The molecule has 1 N–H and O–H groups in total. The molecule has 0 bridgehead atoms. The number of hydrogen-bond acceptors (Lipinski definition) is 3. The van der Waals surface area contributed by atoms with E-state index in [1.807, 2.05) is 0 Å². The number of benzene rings is 1. The molecule has 0 heterocycles. The molecule has 0 aliphatic carbocycles. The van der Waals surface area contributed by atoms with Crippen molar-refractivity contribution in [1.29, 1.82) is 0 Å². The molecular weight excluding hydrogens is 340 g/mol. The molecule has 0 amide bonds. The van der Waals surface area contributed by atoms with E-state index in [9.17, 15) is 13.5 Å². The molecule has 1 aromatic carbocycles. The molecule has 6 heteroatoms. The fourth-order valence-corrected chi connectivity index (χ4v) is 4.29. The lowest BCUT2D eigenvalue weighted by Gasteiger charge is -2.31. The summed E-state index contributed by atoms with van der Waals surface area (Å²) < 4.78 is 22.8. The predicted molar refractivity (Wildman–Crippen MR) is 77.8 cm³/mol. The molecule has 102 valence electrons. The Morgan fingerprint density at radius 3 is 2.50 bits per heavy atom. The second-order valence-corrected chi connectivity index (χ2v) is 8.91. The highest BCUT2D eigenvalue weighted by Gasteiger charge is 2.45. The summed E-state index contributed by atoms with van der Waals surface area (Å²) >= 11 is 9.07. The molecule has 0 radical (unpaired) electrons. The third-order valence-corrected chi connectivity index (χ3v) is 7.97. The van der Waals surface area contributed by atoms with E-state index in [1.54, 1.807) is 38.1 Å². The molecule has 1 aromatic rings. The molecule has 0 saturated carbocycles. The summed E-state index contributed by atoms with van der Waals surface area (Å²) in [5, 5.41) is 10.8. The van der Waals surface area contributed by atoms with Crippen LogP contribution >= 0.6 is 27.5 Å². The van der Waals surface area contributed by atoms with Crippen LogP contribution < -0.4 is 0 Å². The summed E-state index contributed by atoms with van der Waals surface area (Å²) in [6, 6.07) is 6.59. The van der Waals surface area contributed by atoms with Crippen molar-refractivity contribution in [1.82, 2.24) is 0 Å². The Bertz CT molecular complexity index is 518. The minimum atomic E-state index is -3.45. The smallest absolute Gasteiger partial charge is 0.168 e. The highest BCUT2D eigenvalue weighted by Crippen LogP contribution is 2.42. The van der Waals surface area contributed by atoms with Gasteiger partial charge in [0.05, 0.1) is 0 Å². The highest BCUT2D eigenvalue weighted by atomic mass is 79.9. The van der Waals surface area contributed by atoms with Crippen molar-refractivity contribution in [2.45, 2.75) is 30.0 Å². The fraction of sp³-hybridized carbons (Fsp3) is 0.500. The Balaban J connectivity index is 3.26. The van der Waals surface area contributed by atoms with Crippen molar-refractivity contribution in [2.24, 2.45) is 0 Å². The number of hydrogen-bond donors (Lipinski definition) is 1. The maximum Gasteiger partial charge on any atom is 0.168 e. The second kappa shape index (κ2) is 5.90. The van der Waals surface area contributed by atoms with Crippen LogP contribution in [0.5, 0.6) is 0 Å². The Labute approximate surface area is 121 Å². The van der Waals surface area contributed by atoms with E-state index in [-0.39, 0.29) is 12.2 Å². The second-order valence-electron chi connectivity index (χ2n) is 4.00. The van der Waals surface area contributed by atoms with Gasteiger partial charge in [-0.1, -0.05) is 53.5 Å². The average Bonchev–Trinajstić information content (AvgIpc) is 2.36. The van der Waals surface area contributed by atoms with Gasteiger partial charge in [-0.05, 0) is 24.1 Å². The van der Waals surface area contributed by atoms with Crippen LogP contribution in [0, 0.1) is 0 Å². The number of rotatable bonds is 5. The molecule has 1 rings (SSSR count). The van der Waals surface area contributed by atoms with Gasteiger partial charge in [0.25, 0.3) is 0 Å². The van der Waals surface area contributed by atoms with Crippen LogP contribution in [-0.4, -0.2) is 22.9 Å². The zero-order valence-electron chi connectivity index (χ0n) is 10.2. The molecule has 3 nitrogen and oxygen atoms in total. The van der Waals surface area contributed by atoms with Gasteiger partial charge in [0.15, 0.2) is 13.5 Å². The van der Waals surface area contributed by atoms with Crippen LogP contribution in [-0.2, 0) is 9.84 Å². The normalized spacial score (nSPS) is 17.2. The third kappa shape index (κ3) is 2.90. The van der Waals surface area contributed by atoms with E-state index < -0.39 is 19.6 Å². The SMILES string of the molecule is CC[C@@](Br)([C@@H](O)c1cccc(Cl)c1)S(=O)(=O)CC. The van der Waals surface area contributed by atoms with Crippen molar-refractivity contribution >= 4 is 37.4 Å². The van der Waals surface area contributed by atoms with Gasteiger partial charge in [-0.3, -0.25) is 0 Å². The number of alkyl halides is 1. The molecule has 2 atom stereocenters. The molecule has 0 unspecified atom stereocenters. The lowest BCUT2D eigenvalue weighted by atomic mass is 10.1. The topological polar surface area (TPSA) is 54.4 Å². The summed E-state index contributed by atoms with van der Waals surface area (Å²) in [5.74, 6) is -0.0380. The summed E-state index contributed by atoms with van der Waals surface area (Å²) in [4.78, 5) is 0. The Kier molecular flexibility index (Phi) is 5.23.